The minimum absolute atomic E-state index is 0.0590. The first-order valence-electron chi connectivity index (χ1n) is 11.9. The van der Waals surface area contributed by atoms with Crippen molar-refractivity contribution >= 4 is 12.0 Å². The summed E-state index contributed by atoms with van der Waals surface area (Å²) in [6.07, 6.45) is -0.0778. The van der Waals surface area contributed by atoms with Crippen LogP contribution in [0.3, 0.4) is 0 Å². The fourth-order valence-corrected chi connectivity index (χ4v) is 5.29. The van der Waals surface area contributed by atoms with Gasteiger partial charge in [0.2, 0.25) is 5.91 Å². The van der Waals surface area contributed by atoms with Crippen LogP contribution in [0.5, 0.6) is 11.5 Å². The lowest BCUT2D eigenvalue weighted by molar-refractivity contribution is -0.127. The van der Waals surface area contributed by atoms with E-state index in [2.05, 4.69) is 5.32 Å². The Hall–Kier alpha value is -3.10. The number of carbonyl (C=O) groups excluding carboxylic acids is 1. The fraction of sp³-hybridized carbons (Fsp3) is 0.462. The minimum Gasteiger partial charge on any atom is -0.465 e. The molecule has 34 heavy (non-hydrogen) atoms. The number of nitrogens with one attached hydrogen (secondary N) is 1. The molecule has 2 aliphatic rings. The Labute approximate surface area is 200 Å². The lowest BCUT2D eigenvalue weighted by atomic mass is 9.68. The Morgan fingerprint density at radius 1 is 1.18 bits per heavy atom. The highest BCUT2D eigenvalue weighted by molar-refractivity contribution is 5.80. The van der Waals surface area contributed by atoms with Crippen LogP contribution in [0.1, 0.15) is 44.2 Å². The van der Waals surface area contributed by atoms with Crippen LogP contribution in [0.25, 0.3) is 0 Å². The van der Waals surface area contributed by atoms with Crippen molar-refractivity contribution in [2.75, 3.05) is 19.7 Å². The molecule has 4 N–H and O–H groups in total. The number of hydrogen-bond donors (Lipinski definition) is 3. The third-order valence-electron chi connectivity index (χ3n) is 6.92. The summed E-state index contributed by atoms with van der Waals surface area (Å²) in [6.45, 7) is 5.05. The Morgan fingerprint density at radius 3 is 2.38 bits per heavy atom. The molecular weight excluding hydrogens is 434 g/mol. The van der Waals surface area contributed by atoms with Crippen LogP contribution in [0.15, 0.2) is 48.5 Å². The number of fused-ring (bicyclic) bond motifs is 2. The number of benzene rings is 2. The number of para-hydroxylation sites is 2. The van der Waals surface area contributed by atoms with Gasteiger partial charge >= 0.3 is 6.09 Å². The highest BCUT2D eigenvalue weighted by Crippen LogP contribution is 2.50. The molecule has 0 bridgehead atoms. The average Bonchev–Trinajstić information content (AvgIpc) is 2.83. The van der Waals surface area contributed by atoms with E-state index in [1.807, 2.05) is 62.4 Å². The molecule has 2 aromatic carbocycles. The first-order chi connectivity index (χ1) is 16.4. The van der Waals surface area contributed by atoms with Crippen LogP contribution in [0.2, 0.25) is 0 Å². The topological polar surface area (TPSA) is 114 Å². The summed E-state index contributed by atoms with van der Waals surface area (Å²) >= 11 is 0. The van der Waals surface area contributed by atoms with Crippen LogP contribution in [-0.4, -0.2) is 54.0 Å². The Kier molecular flexibility index (Phi) is 7.09. The molecule has 0 spiro atoms. The number of nitrogens with zero attached hydrogens (tertiary/aromatic N) is 1. The number of amides is 2. The molecule has 0 aliphatic carbocycles. The van der Waals surface area contributed by atoms with Crippen molar-refractivity contribution in [1.29, 1.82) is 0 Å². The van der Waals surface area contributed by atoms with E-state index in [-0.39, 0.29) is 18.6 Å². The van der Waals surface area contributed by atoms with Gasteiger partial charge < -0.3 is 25.6 Å². The first-order valence-corrected chi connectivity index (χ1v) is 11.9. The summed E-state index contributed by atoms with van der Waals surface area (Å²) in [5, 5.41) is 12.6. The van der Waals surface area contributed by atoms with Gasteiger partial charge in [0.25, 0.3) is 0 Å². The zero-order chi connectivity index (χ0) is 24.3. The van der Waals surface area contributed by atoms with Gasteiger partial charge in [-0.3, -0.25) is 9.69 Å². The van der Waals surface area contributed by atoms with E-state index in [4.69, 9.17) is 15.2 Å². The fourth-order valence-electron chi connectivity index (χ4n) is 5.29. The molecule has 3 atom stereocenters. The van der Waals surface area contributed by atoms with Gasteiger partial charge in [0, 0.05) is 36.2 Å². The van der Waals surface area contributed by atoms with Crippen molar-refractivity contribution < 1.29 is 24.2 Å². The Balaban J connectivity index is 1.66. The van der Waals surface area contributed by atoms with E-state index >= 15 is 0 Å². The van der Waals surface area contributed by atoms with E-state index in [1.54, 1.807) is 0 Å². The molecule has 2 amide bonds. The largest absolute Gasteiger partial charge is 0.465 e. The van der Waals surface area contributed by atoms with Gasteiger partial charge in [0.15, 0.2) is 0 Å². The number of carboxylic acid groups (broad SMARTS) is 1. The monoisotopic (exact) mass is 467 g/mol. The highest BCUT2D eigenvalue weighted by Gasteiger charge is 2.44. The zero-order valence-electron chi connectivity index (χ0n) is 19.7. The molecule has 3 unspecified atom stereocenters. The lowest BCUT2D eigenvalue weighted by Gasteiger charge is -2.42. The first kappa shape index (κ1) is 24.0. The third kappa shape index (κ3) is 4.60. The standard InChI is InChI=1S/C26H33N3O5/c1-3-33-17(2)14-26(16-28-24(30)18-12-13-23(27)29(15-18)25(31)32)19-8-4-6-10-21(19)34-22-11-7-5-9-20(22)26/h4-11,17-18,23H,3,12-16,27H2,1-2H3,(H,28,30)(H,31,32). The molecule has 8 nitrogen and oxygen atoms in total. The van der Waals surface area contributed by atoms with E-state index in [0.717, 1.165) is 27.5 Å². The highest BCUT2D eigenvalue weighted by atomic mass is 16.5. The SMILES string of the molecule is CCOC(C)CC1(CNC(=O)C2CCC(N)N(C(=O)O)C2)c2ccccc2Oc2ccccc21. The summed E-state index contributed by atoms with van der Waals surface area (Å²) in [5.74, 6) is 0.922. The third-order valence-corrected chi connectivity index (χ3v) is 6.92. The zero-order valence-corrected chi connectivity index (χ0v) is 19.7. The molecule has 0 aromatic heterocycles. The van der Waals surface area contributed by atoms with Crippen LogP contribution >= 0.6 is 0 Å². The number of likely N-dealkylation sites (tertiary alicyclic amines) is 1. The van der Waals surface area contributed by atoms with E-state index < -0.39 is 23.6 Å². The maximum atomic E-state index is 13.3. The minimum atomic E-state index is -1.10. The maximum absolute atomic E-state index is 13.3. The molecule has 0 saturated carbocycles. The predicted molar refractivity (Wildman–Crippen MR) is 128 cm³/mol. The number of ether oxygens (including phenoxy) is 2. The summed E-state index contributed by atoms with van der Waals surface area (Å²) in [4.78, 5) is 25.9. The average molecular weight is 468 g/mol. The van der Waals surface area contributed by atoms with Crippen LogP contribution in [-0.2, 0) is 14.9 Å². The second kappa shape index (κ2) is 10.0. The normalized spacial score (nSPS) is 21.6. The molecule has 182 valence electrons. The van der Waals surface area contributed by atoms with Crippen LogP contribution in [0, 0.1) is 5.92 Å². The number of piperidine rings is 1. The van der Waals surface area contributed by atoms with Crippen molar-refractivity contribution in [3.8, 4) is 11.5 Å². The molecule has 1 fully saturated rings. The number of rotatable bonds is 7. The van der Waals surface area contributed by atoms with Crippen molar-refractivity contribution in [3.63, 3.8) is 0 Å². The van der Waals surface area contributed by atoms with E-state index in [9.17, 15) is 14.7 Å². The number of carbonyl (C=O) groups is 2. The second-order valence-corrected chi connectivity index (χ2v) is 9.14. The number of nitrogens with two attached hydrogens (primary N) is 1. The van der Waals surface area contributed by atoms with Crippen molar-refractivity contribution in [2.24, 2.45) is 11.7 Å². The predicted octanol–water partition coefficient (Wildman–Crippen LogP) is 3.68. The van der Waals surface area contributed by atoms with Crippen molar-refractivity contribution in [2.45, 2.75) is 50.8 Å². The van der Waals surface area contributed by atoms with Gasteiger partial charge in [0.05, 0.1) is 18.2 Å². The molecular formula is C26H33N3O5. The van der Waals surface area contributed by atoms with E-state index in [1.165, 1.54) is 0 Å². The van der Waals surface area contributed by atoms with E-state index in [0.29, 0.717) is 32.4 Å². The Morgan fingerprint density at radius 2 is 1.79 bits per heavy atom. The van der Waals surface area contributed by atoms with Crippen LogP contribution < -0.4 is 15.8 Å². The molecule has 2 aromatic rings. The summed E-state index contributed by atoms with van der Waals surface area (Å²) in [7, 11) is 0. The summed E-state index contributed by atoms with van der Waals surface area (Å²) < 4.78 is 12.1. The van der Waals surface area contributed by atoms with Crippen molar-refractivity contribution in [1.82, 2.24) is 10.2 Å². The molecule has 4 rings (SSSR count). The lowest BCUT2D eigenvalue weighted by Crippen LogP contribution is -2.54. The Bertz CT molecular complexity index is 997. The van der Waals surface area contributed by atoms with Gasteiger partial charge in [0.1, 0.15) is 11.5 Å². The summed E-state index contributed by atoms with van der Waals surface area (Å²) in [6, 6.07) is 15.8. The van der Waals surface area contributed by atoms with Gasteiger partial charge in [-0.1, -0.05) is 36.4 Å². The summed E-state index contributed by atoms with van der Waals surface area (Å²) in [5.41, 5.74) is 7.36. The smallest absolute Gasteiger partial charge is 0.408 e. The maximum Gasteiger partial charge on any atom is 0.408 e. The molecule has 2 heterocycles. The van der Waals surface area contributed by atoms with Gasteiger partial charge in [-0.05, 0) is 45.2 Å². The quantitative estimate of drug-likeness (QED) is 0.572. The van der Waals surface area contributed by atoms with Crippen LogP contribution in [0.4, 0.5) is 4.79 Å². The van der Waals surface area contributed by atoms with Gasteiger partial charge in [-0.15, -0.1) is 0 Å². The van der Waals surface area contributed by atoms with Gasteiger partial charge in [-0.2, -0.15) is 0 Å². The number of hydrogen-bond acceptors (Lipinski definition) is 5. The second-order valence-electron chi connectivity index (χ2n) is 9.14. The van der Waals surface area contributed by atoms with Gasteiger partial charge in [-0.25, -0.2) is 4.79 Å². The molecule has 0 radical (unpaired) electrons. The molecule has 1 saturated heterocycles. The molecule has 2 aliphatic heterocycles. The molecule has 8 heteroatoms. The van der Waals surface area contributed by atoms with Crippen molar-refractivity contribution in [3.05, 3.63) is 59.7 Å².